The molecule has 1 aliphatic carbocycles. The minimum atomic E-state index is -0.165. The molecule has 0 unspecified atom stereocenters. The van der Waals surface area contributed by atoms with E-state index in [4.69, 9.17) is 4.74 Å². The maximum atomic E-state index is 13.7. The van der Waals surface area contributed by atoms with Crippen LogP contribution in [0.4, 0.5) is 4.39 Å². The minimum absolute atomic E-state index is 0.00398. The van der Waals surface area contributed by atoms with Gasteiger partial charge in [0.2, 0.25) is 0 Å². The van der Waals surface area contributed by atoms with E-state index in [1.807, 2.05) is 6.07 Å². The molecule has 1 fully saturated rings. The monoisotopic (exact) mass is 282 g/mol. The van der Waals surface area contributed by atoms with Crippen LogP contribution in [0, 0.1) is 5.82 Å². The van der Waals surface area contributed by atoms with Crippen LogP contribution in [-0.4, -0.2) is 6.10 Å². The van der Waals surface area contributed by atoms with Gasteiger partial charge >= 0.3 is 0 Å². The summed E-state index contributed by atoms with van der Waals surface area (Å²) < 4.78 is 20.0. The van der Waals surface area contributed by atoms with Crippen molar-refractivity contribution in [3.63, 3.8) is 0 Å². The van der Waals surface area contributed by atoms with E-state index in [0.29, 0.717) is 5.92 Å². The van der Waals surface area contributed by atoms with E-state index in [2.05, 4.69) is 31.2 Å². The van der Waals surface area contributed by atoms with Crippen molar-refractivity contribution in [3.05, 3.63) is 70.5 Å². The average Bonchev–Trinajstić information content (AvgIpc) is 2.89. The molecule has 0 radical (unpaired) electrons. The van der Waals surface area contributed by atoms with Gasteiger partial charge in [0, 0.05) is 5.92 Å². The molecule has 1 nitrogen and oxygen atoms in total. The van der Waals surface area contributed by atoms with E-state index in [0.717, 1.165) is 24.8 Å². The molecule has 21 heavy (non-hydrogen) atoms. The smallest absolute Gasteiger partial charge is 0.123 e. The van der Waals surface area contributed by atoms with Crippen molar-refractivity contribution in [1.29, 1.82) is 0 Å². The summed E-state index contributed by atoms with van der Waals surface area (Å²) >= 11 is 0. The maximum Gasteiger partial charge on any atom is 0.123 e. The second-order valence-corrected chi connectivity index (χ2v) is 6.15. The van der Waals surface area contributed by atoms with Crippen LogP contribution in [0.25, 0.3) is 0 Å². The molecule has 0 amide bonds. The minimum Gasteiger partial charge on any atom is -0.370 e. The van der Waals surface area contributed by atoms with E-state index in [9.17, 15) is 4.39 Å². The number of hydrogen-bond donors (Lipinski definition) is 0. The molecule has 0 saturated carbocycles. The Morgan fingerprint density at radius 2 is 1.90 bits per heavy atom. The Balaban J connectivity index is 1.90. The highest BCUT2D eigenvalue weighted by Gasteiger charge is 2.40. The average molecular weight is 282 g/mol. The molecule has 0 spiro atoms. The van der Waals surface area contributed by atoms with Gasteiger partial charge in [0.1, 0.15) is 5.82 Å². The van der Waals surface area contributed by atoms with Crippen LogP contribution in [0.5, 0.6) is 0 Å². The molecule has 0 aromatic heterocycles. The van der Waals surface area contributed by atoms with Crippen molar-refractivity contribution in [2.45, 2.75) is 44.3 Å². The van der Waals surface area contributed by atoms with Gasteiger partial charge in [-0.15, -0.1) is 0 Å². The van der Waals surface area contributed by atoms with Gasteiger partial charge in [0.15, 0.2) is 0 Å². The van der Waals surface area contributed by atoms with Crippen molar-refractivity contribution < 1.29 is 9.13 Å². The fourth-order valence-electron chi connectivity index (χ4n) is 3.86. The van der Waals surface area contributed by atoms with Crippen LogP contribution in [0.1, 0.15) is 54.0 Å². The molecule has 1 saturated heterocycles. The highest BCUT2D eigenvalue weighted by atomic mass is 19.1. The third-order valence-electron chi connectivity index (χ3n) is 4.93. The lowest BCUT2D eigenvalue weighted by Crippen LogP contribution is -2.07. The summed E-state index contributed by atoms with van der Waals surface area (Å²) in [5, 5.41) is 0. The number of ether oxygens (including phenoxy) is 1. The predicted octanol–water partition coefficient (Wildman–Crippen LogP) is 4.75. The van der Waals surface area contributed by atoms with Gasteiger partial charge in [0.25, 0.3) is 0 Å². The Kier molecular flexibility index (Phi) is 3.07. The van der Waals surface area contributed by atoms with Crippen LogP contribution in [-0.2, 0) is 11.2 Å². The van der Waals surface area contributed by atoms with Crippen molar-refractivity contribution in [3.8, 4) is 0 Å². The molecule has 0 bridgehead atoms. The highest BCUT2D eigenvalue weighted by Crippen LogP contribution is 2.49. The summed E-state index contributed by atoms with van der Waals surface area (Å²) in [5.74, 6) is 0.191. The first-order valence-corrected chi connectivity index (χ1v) is 7.78. The topological polar surface area (TPSA) is 9.23 Å². The molecule has 2 aliphatic rings. The van der Waals surface area contributed by atoms with E-state index >= 15 is 0 Å². The standard InChI is InChI=1S/C19H19FO/c1-2-15-11-18-16-6-4-3-5-12(16)9-13-7-8-14(20)10-17(13)19(18)21-15/h3-8,10,15,18-19H,2,9,11H2,1H3/t15-,18+,19+/m1/s1. The molecule has 2 heteroatoms. The van der Waals surface area contributed by atoms with E-state index in [1.165, 1.54) is 16.7 Å². The van der Waals surface area contributed by atoms with Gasteiger partial charge in [-0.3, -0.25) is 0 Å². The van der Waals surface area contributed by atoms with Crippen molar-refractivity contribution in [2.75, 3.05) is 0 Å². The van der Waals surface area contributed by atoms with Crippen LogP contribution < -0.4 is 0 Å². The fraction of sp³-hybridized carbons (Fsp3) is 0.368. The normalized spacial score (nSPS) is 26.7. The molecular formula is C19H19FO. The van der Waals surface area contributed by atoms with E-state index < -0.39 is 0 Å². The third-order valence-corrected chi connectivity index (χ3v) is 4.93. The Hall–Kier alpha value is -1.67. The lowest BCUT2D eigenvalue weighted by atomic mass is 9.87. The van der Waals surface area contributed by atoms with Crippen LogP contribution in [0.2, 0.25) is 0 Å². The maximum absolute atomic E-state index is 13.7. The van der Waals surface area contributed by atoms with Crippen LogP contribution in [0.3, 0.4) is 0 Å². The zero-order valence-corrected chi connectivity index (χ0v) is 12.2. The summed E-state index contributed by atoms with van der Waals surface area (Å²) in [7, 11) is 0. The Morgan fingerprint density at radius 1 is 1.10 bits per heavy atom. The predicted molar refractivity (Wildman–Crippen MR) is 80.9 cm³/mol. The lowest BCUT2D eigenvalue weighted by molar-refractivity contribution is 0.0386. The first-order valence-electron chi connectivity index (χ1n) is 7.78. The summed E-state index contributed by atoms with van der Waals surface area (Å²) in [5.41, 5.74) is 4.99. The molecular weight excluding hydrogens is 263 g/mol. The van der Waals surface area contributed by atoms with E-state index in [1.54, 1.807) is 12.1 Å². The molecule has 1 aliphatic heterocycles. The Morgan fingerprint density at radius 3 is 2.76 bits per heavy atom. The van der Waals surface area contributed by atoms with Crippen molar-refractivity contribution in [1.82, 2.24) is 0 Å². The van der Waals surface area contributed by atoms with Gasteiger partial charge in [-0.1, -0.05) is 37.3 Å². The molecule has 2 aromatic carbocycles. The second kappa shape index (κ2) is 4.96. The summed E-state index contributed by atoms with van der Waals surface area (Å²) in [4.78, 5) is 0. The summed E-state index contributed by atoms with van der Waals surface area (Å²) in [6.07, 6.45) is 3.21. The lowest BCUT2D eigenvalue weighted by Gasteiger charge is -2.19. The van der Waals surface area contributed by atoms with Gasteiger partial charge in [-0.25, -0.2) is 4.39 Å². The van der Waals surface area contributed by atoms with Gasteiger partial charge < -0.3 is 4.74 Å². The van der Waals surface area contributed by atoms with Crippen LogP contribution >= 0.6 is 0 Å². The third kappa shape index (κ3) is 2.09. The highest BCUT2D eigenvalue weighted by molar-refractivity contribution is 5.45. The van der Waals surface area contributed by atoms with Gasteiger partial charge in [0.05, 0.1) is 12.2 Å². The van der Waals surface area contributed by atoms with E-state index in [-0.39, 0.29) is 18.0 Å². The summed E-state index contributed by atoms with van der Waals surface area (Å²) in [6.45, 7) is 2.16. The molecule has 108 valence electrons. The number of hydrogen-bond acceptors (Lipinski definition) is 1. The largest absolute Gasteiger partial charge is 0.370 e. The zero-order chi connectivity index (χ0) is 14.4. The van der Waals surface area contributed by atoms with Crippen molar-refractivity contribution in [2.24, 2.45) is 0 Å². The van der Waals surface area contributed by atoms with Crippen LogP contribution in [0.15, 0.2) is 42.5 Å². The molecule has 2 aromatic rings. The molecule has 0 N–H and O–H groups in total. The Labute approximate surface area is 124 Å². The van der Waals surface area contributed by atoms with Crippen molar-refractivity contribution >= 4 is 0 Å². The SMILES string of the molecule is CC[C@@H]1C[C@H]2c3ccccc3Cc3ccc(F)cc3[C@@H]2O1. The first kappa shape index (κ1) is 13.0. The first-order chi connectivity index (χ1) is 10.3. The number of fused-ring (bicyclic) bond motifs is 5. The number of benzene rings is 2. The van der Waals surface area contributed by atoms with Gasteiger partial charge in [-0.2, -0.15) is 0 Å². The van der Waals surface area contributed by atoms with Gasteiger partial charge in [-0.05, 0) is 53.6 Å². The molecule has 4 rings (SSSR count). The second-order valence-electron chi connectivity index (χ2n) is 6.15. The fourth-order valence-corrected chi connectivity index (χ4v) is 3.86. The number of halogens is 1. The zero-order valence-electron chi connectivity index (χ0n) is 12.2. The quantitative estimate of drug-likeness (QED) is 0.733. The Bertz CT molecular complexity index is 679. The molecule has 1 heterocycles. The summed E-state index contributed by atoms with van der Waals surface area (Å²) in [6, 6.07) is 13.8. The molecule has 3 atom stereocenters. The number of rotatable bonds is 1.